The van der Waals surface area contributed by atoms with Gasteiger partial charge in [-0.15, -0.1) is 49.3 Å². The van der Waals surface area contributed by atoms with Crippen LogP contribution in [0.4, 0.5) is 0 Å². The summed E-state index contributed by atoms with van der Waals surface area (Å²) in [5, 5.41) is 33.0. The standard InChI is InChI=1S/C30H27N9S3/c1-19-22(13-37-16-25(31-34-37)28-7-4-10-40-28)20(2)24(15-39-18-27(33-36-39)30-9-6-12-42-30)21(3)23(19)14-38-17-26(32-35-38)29-8-5-11-41-29/h4-12,16-18H,13-15H2,1-3H3. The van der Waals surface area contributed by atoms with Gasteiger partial charge in [-0.25, -0.2) is 14.0 Å². The molecule has 0 bridgehead atoms. The molecule has 7 aromatic rings. The molecule has 1 aromatic carbocycles. The van der Waals surface area contributed by atoms with E-state index in [0.29, 0.717) is 19.6 Å². The Kier molecular flexibility index (Phi) is 7.10. The molecule has 0 aliphatic carbocycles. The molecule has 7 rings (SSSR count). The summed E-state index contributed by atoms with van der Waals surface area (Å²) in [6.07, 6.45) is 6.08. The minimum atomic E-state index is 0.617. The van der Waals surface area contributed by atoms with Crippen LogP contribution in [0, 0.1) is 20.8 Å². The van der Waals surface area contributed by atoms with Crippen molar-refractivity contribution in [2.45, 2.75) is 40.4 Å². The van der Waals surface area contributed by atoms with Gasteiger partial charge < -0.3 is 0 Å². The highest BCUT2D eigenvalue weighted by molar-refractivity contribution is 7.14. The van der Waals surface area contributed by atoms with E-state index in [2.05, 4.69) is 86.0 Å². The minimum Gasteiger partial charge on any atom is -0.247 e. The second-order valence-corrected chi connectivity index (χ2v) is 13.0. The molecule has 210 valence electrons. The van der Waals surface area contributed by atoms with Crippen LogP contribution in [0.1, 0.15) is 33.4 Å². The lowest BCUT2D eigenvalue weighted by Crippen LogP contribution is -2.15. The van der Waals surface area contributed by atoms with E-state index in [-0.39, 0.29) is 0 Å². The van der Waals surface area contributed by atoms with Crippen LogP contribution in [0.2, 0.25) is 0 Å². The maximum atomic E-state index is 4.48. The van der Waals surface area contributed by atoms with Gasteiger partial charge in [0.1, 0.15) is 17.1 Å². The second-order valence-electron chi connectivity index (χ2n) is 10.1. The van der Waals surface area contributed by atoms with Gasteiger partial charge >= 0.3 is 0 Å². The van der Waals surface area contributed by atoms with Gasteiger partial charge in [-0.05, 0) is 88.5 Å². The number of thiophene rings is 3. The van der Waals surface area contributed by atoms with Crippen LogP contribution in [0.3, 0.4) is 0 Å². The Balaban J connectivity index is 1.27. The SMILES string of the molecule is Cc1c(Cn2cc(-c3cccs3)nn2)c(C)c(Cn2cc(-c3cccs3)nn2)c(C)c1Cn1cc(-c2cccs2)nn1. The lowest BCUT2D eigenvalue weighted by Gasteiger charge is -2.22. The van der Waals surface area contributed by atoms with Gasteiger partial charge in [-0.3, -0.25) is 0 Å². The van der Waals surface area contributed by atoms with E-state index in [1.165, 1.54) is 33.4 Å². The van der Waals surface area contributed by atoms with E-state index in [4.69, 9.17) is 0 Å². The molecule has 0 unspecified atom stereocenters. The highest BCUT2D eigenvalue weighted by Gasteiger charge is 2.20. The van der Waals surface area contributed by atoms with E-state index in [9.17, 15) is 0 Å². The van der Waals surface area contributed by atoms with Crippen molar-refractivity contribution < 1.29 is 0 Å². The quantitative estimate of drug-likeness (QED) is 0.181. The van der Waals surface area contributed by atoms with Crippen molar-refractivity contribution in [2.75, 3.05) is 0 Å². The number of benzene rings is 1. The molecule has 0 N–H and O–H groups in total. The van der Waals surface area contributed by atoms with Gasteiger partial charge in [0.2, 0.25) is 0 Å². The molecule has 0 atom stereocenters. The Hall–Kier alpha value is -4.26. The molecule has 6 heterocycles. The van der Waals surface area contributed by atoms with E-state index in [0.717, 1.165) is 31.7 Å². The molecule has 0 amide bonds. The molecule has 0 radical (unpaired) electrons. The smallest absolute Gasteiger partial charge is 0.122 e. The molecular formula is C30H27N9S3. The fraction of sp³-hybridized carbons (Fsp3) is 0.200. The molecule has 6 aromatic heterocycles. The number of hydrogen-bond acceptors (Lipinski definition) is 9. The van der Waals surface area contributed by atoms with E-state index < -0.39 is 0 Å². The number of hydrogen-bond donors (Lipinski definition) is 0. The lowest BCUT2D eigenvalue weighted by atomic mass is 9.88. The van der Waals surface area contributed by atoms with Gasteiger partial charge in [-0.1, -0.05) is 33.8 Å². The first-order valence-corrected chi connectivity index (χ1v) is 16.1. The second kappa shape index (κ2) is 11.2. The topological polar surface area (TPSA) is 92.1 Å². The van der Waals surface area contributed by atoms with Crippen LogP contribution >= 0.6 is 34.0 Å². The summed E-state index contributed by atoms with van der Waals surface area (Å²) in [6.45, 7) is 8.46. The summed E-state index contributed by atoms with van der Waals surface area (Å²) in [7, 11) is 0. The van der Waals surface area contributed by atoms with E-state index >= 15 is 0 Å². The summed E-state index contributed by atoms with van der Waals surface area (Å²) < 4.78 is 5.80. The molecule has 0 fully saturated rings. The molecule has 0 saturated heterocycles. The van der Waals surface area contributed by atoms with Crippen LogP contribution < -0.4 is 0 Å². The van der Waals surface area contributed by atoms with Crippen molar-refractivity contribution in [2.24, 2.45) is 0 Å². The molecule has 0 spiro atoms. The summed E-state index contributed by atoms with van der Waals surface area (Å²) >= 11 is 5.00. The molecule has 0 aliphatic rings. The van der Waals surface area contributed by atoms with Crippen molar-refractivity contribution in [3.05, 3.63) is 105 Å². The summed E-state index contributed by atoms with van der Waals surface area (Å²) in [4.78, 5) is 3.33. The fourth-order valence-electron chi connectivity index (χ4n) is 5.33. The van der Waals surface area contributed by atoms with E-state index in [1.807, 2.05) is 50.8 Å². The highest BCUT2D eigenvalue weighted by Crippen LogP contribution is 2.31. The molecule has 9 nitrogen and oxygen atoms in total. The largest absolute Gasteiger partial charge is 0.247 e. The Bertz CT molecular complexity index is 1700. The van der Waals surface area contributed by atoms with Crippen LogP contribution in [-0.4, -0.2) is 45.0 Å². The Morgan fingerprint density at radius 1 is 0.500 bits per heavy atom. The van der Waals surface area contributed by atoms with Crippen molar-refractivity contribution in [1.82, 2.24) is 45.0 Å². The normalized spacial score (nSPS) is 11.5. The monoisotopic (exact) mass is 609 g/mol. The number of nitrogens with zero attached hydrogens (tertiary/aromatic N) is 9. The predicted molar refractivity (Wildman–Crippen MR) is 168 cm³/mol. The van der Waals surface area contributed by atoms with Gasteiger partial charge in [-0.2, -0.15) is 0 Å². The third-order valence-corrected chi connectivity index (χ3v) is 10.3. The summed E-state index contributed by atoms with van der Waals surface area (Å²) in [5.74, 6) is 0. The maximum absolute atomic E-state index is 4.48. The molecule has 0 saturated carbocycles. The van der Waals surface area contributed by atoms with Crippen LogP contribution in [0.25, 0.3) is 31.7 Å². The molecule has 0 aliphatic heterocycles. The zero-order chi connectivity index (χ0) is 28.6. The molecule has 42 heavy (non-hydrogen) atoms. The molecular weight excluding hydrogens is 583 g/mol. The Morgan fingerprint density at radius 3 is 1.07 bits per heavy atom. The zero-order valence-corrected chi connectivity index (χ0v) is 25.7. The van der Waals surface area contributed by atoms with Gasteiger partial charge in [0.05, 0.1) is 52.9 Å². The summed E-state index contributed by atoms with van der Waals surface area (Å²) in [5.41, 5.74) is 10.0. The fourth-order valence-corrected chi connectivity index (χ4v) is 7.35. The first kappa shape index (κ1) is 26.6. The maximum Gasteiger partial charge on any atom is 0.122 e. The molecule has 12 heteroatoms. The van der Waals surface area contributed by atoms with Crippen LogP contribution in [-0.2, 0) is 19.6 Å². The van der Waals surface area contributed by atoms with Crippen molar-refractivity contribution in [1.29, 1.82) is 0 Å². The average molecular weight is 610 g/mol. The average Bonchev–Trinajstić information content (AvgIpc) is 3.84. The van der Waals surface area contributed by atoms with Crippen molar-refractivity contribution in [3.63, 3.8) is 0 Å². The Morgan fingerprint density at radius 2 is 0.810 bits per heavy atom. The number of rotatable bonds is 9. The van der Waals surface area contributed by atoms with Crippen molar-refractivity contribution >= 4 is 34.0 Å². The first-order chi connectivity index (χ1) is 20.5. The van der Waals surface area contributed by atoms with Gasteiger partial charge in [0.15, 0.2) is 0 Å². The van der Waals surface area contributed by atoms with Crippen molar-refractivity contribution in [3.8, 4) is 31.7 Å². The lowest BCUT2D eigenvalue weighted by molar-refractivity contribution is 0.618. The Labute approximate surface area is 254 Å². The predicted octanol–water partition coefficient (Wildman–Crippen LogP) is 6.72. The minimum absolute atomic E-state index is 0.617. The van der Waals surface area contributed by atoms with Gasteiger partial charge in [0, 0.05) is 0 Å². The third-order valence-electron chi connectivity index (χ3n) is 7.61. The van der Waals surface area contributed by atoms with Crippen LogP contribution in [0.15, 0.2) is 71.1 Å². The van der Waals surface area contributed by atoms with Gasteiger partial charge in [0.25, 0.3) is 0 Å². The van der Waals surface area contributed by atoms with E-state index in [1.54, 1.807) is 34.0 Å². The summed E-state index contributed by atoms with van der Waals surface area (Å²) in [6, 6.07) is 12.3. The third kappa shape index (κ3) is 5.13. The first-order valence-electron chi connectivity index (χ1n) is 13.5. The van der Waals surface area contributed by atoms with Crippen LogP contribution in [0.5, 0.6) is 0 Å². The number of aromatic nitrogens is 9. The highest BCUT2D eigenvalue weighted by atomic mass is 32.1. The zero-order valence-electron chi connectivity index (χ0n) is 23.3.